The van der Waals surface area contributed by atoms with Crippen molar-refractivity contribution in [2.45, 2.75) is 50.9 Å². The van der Waals surface area contributed by atoms with Crippen LogP contribution < -0.4 is 10.6 Å². The lowest BCUT2D eigenvalue weighted by atomic mass is 9.91. The number of nitrogens with one attached hydrogen (secondary N) is 2. The van der Waals surface area contributed by atoms with Crippen molar-refractivity contribution < 1.29 is 18.0 Å². The number of para-hydroxylation sites is 1. The topological polar surface area (TPSA) is 54.0 Å². The summed E-state index contributed by atoms with van der Waals surface area (Å²) in [4.78, 5) is 17.1. The number of halogens is 4. The number of carbonyl (C=O) groups excluding carboxylic acids is 1. The third kappa shape index (κ3) is 5.51. The Morgan fingerprint density at radius 2 is 1.66 bits per heavy atom. The molecule has 1 aliphatic rings. The van der Waals surface area contributed by atoms with E-state index < -0.39 is 17.6 Å². The molecule has 0 unspecified atom stereocenters. The van der Waals surface area contributed by atoms with Gasteiger partial charge in [0, 0.05) is 23.0 Å². The third-order valence-electron chi connectivity index (χ3n) is 5.79. The molecule has 1 fully saturated rings. The van der Waals surface area contributed by atoms with Gasteiger partial charge in [0.15, 0.2) is 0 Å². The number of anilines is 1. The van der Waals surface area contributed by atoms with E-state index in [9.17, 15) is 18.0 Å². The minimum absolute atomic E-state index is 0. The normalized spacial score (nSPS) is 18.6. The maximum Gasteiger partial charge on any atom is 0.416 e. The molecule has 1 aromatic heterocycles. The number of nitrogens with zero attached hydrogens (tertiary/aromatic N) is 1. The summed E-state index contributed by atoms with van der Waals surface area (Å²) in [5.74, 6) is 0.377. The van der Waals surface area contributed by atoms with Gasteiger partial charge >= 0.3 is 6.18 Å². The quantitative estimate of drug-likeness (QED) is 0.489. The number of hydrogen-bond donors (Lipinski definition) is 2. The monoisotopic (exact) mass is 463 g/mol. The number of amides is 1. The summed E-state index contributed by atoms with van der Waals surface area (Å²) >= 11 is 0. The van der Waals surface area contributed by atoms with Crippen molar-refractivity contribution in [2.75, 3.05) is 5.32 Å². The molecule has 0 radical (unpaired) electrons. The fourth-order valence-corrected chi connectivity index (χ4v) is 4.12. The zero-order valence-electron chi connectivity index (χ0n) is 17.6. The highest BCUT2D eigenvalue weighted by atomic mass is 35.5. The van der Waals surface area contributed by atoms with Crippen molar-refractivity contribution in [3.05, 3.63) is 71.3 Å². The Labute approximate surface area is 191 Å². The van der Waals surface area contributed by atoms with Crippen LogP contribution in [-0.2, 0) is 6.18 Å². The number of rotatable bonds is 4. The molecular weight excluding hydrogens is 439 g/mol. The van der Waals surface area contributed by atoms with Crippen LogP contribution in [0.1, 0.15) is 47.2 Å². The highest BCUT2D eigenvalue weighted by Gasteiger charge is 2.31. The first-order valence-electron chi connectivity index (χ1n) is 10.4. The Balaban J connectivity index is 0.00000289. The molecule has 170 valence electrons. The molecule has 0 bridgehead atoms. The Kier molecular flexibility index (Phi) is 7.29. The summed E-state index contributed by atoms with van der Waals surface area (Å²) < 4.78 is 38.6. The lowest BCUT2D eigenvalue weighted by molar-refractivity contribution is -0.137. The van der Waals surface area contributed by atoms with Gasteiger partial charge in [0.05, 0.1) is 11.1 Å². The van der Waals surface area contributed by atoms with Gasteiger partial charge in [-0.25, -0.2) is 4.98 Å². The number of aryl methyl sites for hydroxylation is 1. The molecule has 4 nitrogen and oxygen atoms in total. The number of aromatic nitrogens is 1. The fourth-order valence-electron chi connectivity index (χ4n) is 4.12. The van der Waals surface area contributed by atoms with Crippen molar-refractivity contribution in [3.8, 4) is 0 Å². The van der Waals surface area contributed by atoms with Crippen LogP contribution in [0.4, 0.5) is 19.0 Å². The Morgan fingerprint density at radius 3 is 2.38 bits per heavy atom. The molecule has 0 aliphatic heterocycles. The number of benzene rings is 2. The highest BCUT2D eigenvalue weighted by Crippen LogP contribution is 2.30. The van der Waals surface area contributed by atoms with Gasteiger partial charge in [0.25, 0.3) is 5.91 Å². The number of alkyl halides is 3. The molecule has 1 amide bonds. The molecule has 3 aromatic rings. The zero-order valence-corrected chi connectivity index (χ0v) is 18.4. The third-order valence-corrected chi connectivity index (χ3v) is 5.79. The lowest BCUT2D eigenvalue weighted by Gasteiger charge is -2.30. The molecule has 8 heteroatoms. The van der Waals surface area contributed by atoms with Gasteiger partial charge in [-0.15, -0.1) is 12.4 Å². The fraction of sp³-hybridized carbons (Fsp3) is 0.333. The van der Waals surface area contributed by atoms with E-state index in [1.165, 1.54) is 12.1 Å². The Hall–Kier alpha value is -2.80. The van der Waals surface area contributed by atoms with Crippen LogP contribution in [0.25, 0.3) is 10.9 Å². The van der Waals surface area contributed by atoms with Gasteiger partial charge in [0.2, 0.25) is 0 Å². The molecule has 0 spiro atoms. The van der Waals surface area contributed by atoms with E-state index in [-0.39, 0.29) is 30.1 Å². The molecular formula is C24H25ClF3N3O. The highest BCUT2D eigenvalue weighted by molar-refractivity contribution is 5.94. The van der Waals surface area contributed by atoms with Crippen LogP contribution in [0.5, 0.6) is 0 Å². The molecule has 1 aliphatic carbocycles. The molecule has 2 N–H and O–H groups in total. The first-order valence-corrected chi connectivity index (χ1v) is 10.4. The minimum Gasteiger partial charge on any atom is -0.367 e. The first kappa shape index (κ1) is 23.9. The maximum absolute atomic E-state index is 12.9. The SMILES string of the molecule is Cc1cc(NC2CCC(NC(=O)c3cccc(C(F)(F)F)c3)CC2)nc2ccccc12.Cl. The van der Waals surface area contributed by atoms with Crippen LogP contribution in [-0.4, -0.2) is 23.0 Å². The second-order valence-corrected chi connectivity index (χ2v) is 8.09. The van der Waals surface area contributed by atoms with E-state index in [1.807, 2.05) is 24.3 Å². The van der Waals surface area contributed by atoms with Gasteiger partial charge in [-0.2, -0.15) is 13.2 Å². The summed E-state index contributed by atoms with van der Waals surface area (Å²) in [7, 11) is 0. The van der Waals surface area contributed by atoms with Gasteiger partial charge in [-0.1, -0.05) is 24.3 Å². The molecule has 1 heterocycles. The zero-order chi connectivity index (χ0) is 22.0. The largest absolute Gasteiger partial charge is 0.416 e. The van der Waals surface area contributed by atoms with Crippen LogP contribution in [0.15, 0.2) is 54.6 Å². The molecule has 0 atom stereocenters. The maximum atomic E-state index is 12.9. The predicted octanol–water partition coefficient (Wildman–Crippen LogP) is 6.14. The Bertz CT molecular complexity index is 1100. The average molecular weight is 464 g/mol. The van der Waals surface area contributed by atoms with Crippen LogP contribution in [0.2, 0.25) is 0 Å². The summed E-state index contributed by atoms with van der Waals surface area (Å²) in [5.41, 5.74) is 1.33. The predicted molar refractivity (Wildman–Crippen MR) is 122 cm³/mol. The van der Waals surface area contributed by atoms with E-state index in [2.05, 4.69) is 23.6 Å². The number of hydrogen-bond acceptors (Lipinski definition) is 3. The average Bonchev–Trinajstić information content (AvgIpc) is 2.75. The molecule has 2 aromatic carbocycles. The van der Waals surface area contributed by atoms with Crippen LogP contribution in [0.3, 0.4) is 0 Å². The van der Waals surface area contributed by atoms with Gasteiger partial charge in [0.1, 0.15) is 5.82 Å². The Morgan fingerprint density at radius 1 is 0.969 bits per heavy atom. The van der Waals surface area contributed by atoms with E-state index >= 15 is 0 Å². The smallest absolute Gasteiger partial charge is 0.367 e. The van der Waals surface area contributed by atoms with Gasteiger partial charge in [-0.3, -0.25) is 4.79 Å². The van der Waals surface area contributed by atoms with Crippen molar-refractivity contribution >= 4 is 35.0 Å². The van der Waals surface area contributed by atoms with Crippen molar-refractivity contribution in [2.24, 2.45) is 0 Å². The van der Waals surface area contributed by atoms with E-state index in [0.717, 1.165) is 60.1 Å². The van der Waals surface area contributed by atoms with Gasteiger partial charge < -0.3 is 10.6 Å². The summed E-state index contributed by atoms with van der Waals surface area (Å²) in [6.45, 7) is 2.06. The summed E-state index contributed by atoms with van der Waals surface area (Å²) in [6, 6.07) is 14.8. The summed E-state index contributed by atoms with van der Waals surface area (Å²) in [6.07, 6.45) is -1.25. The molecule has 0 saturated heterocycles. The van der Waals surface area contributed by atoms with Crippen molar-refractivity contribution in [1.29, 1.82) is 0 Å². The van der Waals surface area contributed by atoms with Gasteiger partial charge in [-0.05, 0) is 68.5 Å². The second-order valence-electron chi connectivity index (χ2n) is 8.09. The first-order chi connectivity index (χ1) is 14.8. The van der Waals surface area contributed by atoms with E-state index in [0.29, 0.717) is 0 Å². The number of pyridine rings is 1. The number of carbonyl (C=O) groups is 1. The second kappa shape index (κ2) is 9.77. The van der Waals surface area contributed by atoms with E-state index in [1.54, 1.807) is 0 Å². The number of fused-ring (bicyclic) bond motifs is 1. The molecule has 4 rings (SSSR count). The van der Waals surface area contributed by atoms with Crippen molar-refractivity contribution in [1.82, 2.24) is 10.3 Å². The molecule has 32 heavy (non-hydrogen) atoms. The summed E-state index contributed by atoms with van der Waals surface area (Å²) in [5, 5.41) is 7.51. The van der Waals surface area contributed by atoms with Crippen LogP contribution in [0, 0.1) is 6.92 Å². The van der Waals surface area contributed by atoms with Crippen LogP contribution >= 0.6 is 12.4 Å². The standard InChI is InChI=1S/C24H24F3N3O.ClH/c1-15-13-22(30-21-8-3-2-7-20(15)21)28-18-9-11-19(12-10-18)29-23(31)16-5-4-6-17(14-16)24(25,26)27;/h2-8,13-14,18-19H,9-12H2,1H3,(H,28,30)(H,29,31);1H. The van der Waals surface area contributed by atoms with E-state index in [4.69, 9.17) is 4.98 Å². The van der Waals surface area contributed by atoms with Crippen molar-refractivity contribution in [3.63, 3.8) is 0 Å². The molecule has 1 saturated carbocycles. The lowest BCUT2D eigenvalue weighted by Crippen LogP contribution is -2.40. The minimum atomic E-state index is -4.46.